The molecule has 2 aromatic carbocycles. The Kier molecular flexibility index (Phi) is 15.0. The lowest BCUT2D eigenvalue weighted by molar-refractivity contribution is -0.220. The molecular formula is C35H46Cl2N2O8. The van der Waals surface area contributed by atoms with E-state index in [0.717, 1.165) is 0 Å². The first-order chi connectivity index (χ1) is 22.3. The fourth-order valence-electron chi connectivity index (χ4n) is 5.21. The number of hydrogen-bond acceptors (Lipinski definition) is 8. The number of esters is 1. The first-order valence-corrected chi connectivity index (χ1v) is 16.6. The van der Waals surface area contributed by atoms with Gasteiger partial charge in [0.2, 0.25) is 11.8 Å². The highest BCUT2D eigenvalue weighted by atomic mass is 35.5. The molecule has 47 heavy (non-hydrogen) atoms. The van der Waals surface area contributed by atoms with Crippen LogP contribution in [-0.4, -0.2) is 72.3 Å². The molecule has 0 aliphatic carbocycles. The van der Waals surface area contributed by atoms with Gasteiger partial charge in [-0.05, 0) is 48.1 Å². The van der Waals surface area contributed by atoms with Crippen LogP contribution in [-0.2, 0) is 30.3 Å². The topological polar surface area (TPSA) is 143 Å². The van der Waals surface area contributed by atoms with Crippen molar-refractivity contribution in [1.82, 2.24) is 10.6 Å². The number of hydrogen-bond donors (Lipinski definition) is 4. The second-order valence-electron chi connectivity index (χ2n) is 12.4. The largest absolute Gasteiger partial charge is 0.495 e. The number of benzene rings is 2. The Labute approximate surface area is 286 Å². The van der Waals surface area contributed by atoms with Crippen LogP contribution in [0.2, 0.25) is 5.02 Å². The van der Waals surface area contributed by atoms with Crippen LogP contribution in [0, 0.1) is 17.8 Å². The van der Waals surface area contributed by atoms with Gasteiger partial charge < -0.3 is 35.1 Å². The quantitative estimate of drug-likeness (QED) is 0.218. The molecule has 258 valence electrons. The highest BCUT2D eigenvalue weighted by Crippen LogP contribution is 2.32. The van der Waals surface area contributed by atoms with Gasteiger partial charge in [0.15, 0.2) is 12.4 Å². The zero-order valence-corrected chi connectivity index (χ0v) is 28.9. The average Bonchev–Trinajstić information content (AvgIpc) is 3.04. The zero-order chi connectivity index (χ0) is 34.7. The van der Waals surface area contributed by atoms with E-state index in [4.69, 9.17) is 37.4 Å². The van der Waals surface area contributed by atoms with Gasteiger partial charge in [-0.2, -0.15) is 0 Å². The molecule has 8 atom stereocenters. The lowest BCUT2D eigenvalue weighted by atomic mass is 9.90. The number of alkyl halides is 1. The Morgan fingerprint density at radius 3 is 2.43 bits per heavy atom. The molecule has 0 saturated heterocycles. The van der Waals surface area contributed by atoms with E-state index in [1.54, 1.807) is 44.2 Å². The number of aliphatic hydroxyl groups excluding tert-OH is 2. The molecule has 10 nitrogen and oxygen atoms in total. The standard InChI is InChI=1S/C35H46Cl2N2O8/c1-20(2)16-29-35(44)46-27(22(4)32(41)31(37)24-10-7-6-8-11-24)12-9-13-30(40)39-26(33(42)38-19-21(3)34(43)47-29)18-23-14-15-28(45-5)25(36)17-23/h6-11,13-15,17,20-22,26-27,29,31-32,35,41,44H,12,16,18-19H2,1-5H3,(H,38,42)(H,39,40)/b13-9+/t21-,22+,26-,27+,29+,31+,32-,35+/m1/s1. The Morgan fingerprint density at radius 2 is 1.79 bits per heavy atom. The van der Waals surface area contributed by atoms with Crippen LogP contribution in [0.4, 0.5) is 0 Å². The molecule has 4 N–H and O–H groups in total. The average molecular weight is 694 g/mol. The molecular weight excluding hydrogens is 647 g/mol. The minimum Gasteiger partial charge on any atom is -0.495 e. The van der Waals surface area contributed by atoms with Crippen LogP contribution in [0.1, 0.15) is 57.0 Å². The van der Waals surface area contributed by atoms with Gasteiger partial charge in [-0.1, -0.05) is 81.8 Å². The van der Waals surface area contributed by atoms with Gasteiger partial charge in [-0.15, -0.1) is 11.6 Å². The predicted octanol–water partition coefficient (Wildman–Crippen LogP) is 4.73. The summed E-state index contributed by atoms with van der Waals surface area (Å²) in [4.78, 5) is 39.5. The van der Waals surface area contributed by atoms with Crippen LogP contribution < -0.4 is 15.4 Å². The van der Waals surface area contributed by atoms with E-state index in [1.165, 1.54) is 19.3 Å². The maximum atomic E-state index is 13.3. The summed E-state index contributed by atoms with van der Waals surface area (Å²) in [7, 11) is 1.50. The molecule has 0 radical (unpaired) electrons. The van der Waals surface area contributed by atoms with E-state index < -0.39 is 65.6 Å². The highest BCUT2D eigenvalue weighted by Gasteiger charge is 2.35. The van der Waals surface area contributed by atoms with Crippen LogP contribution in [0.15, 0.2) is 60.7 Å². The molecule has 1 heterocycles. The van der Waals surface area contributed by atoms with E-state index >= 15 is 0 Å². The highest BCUT2D eigenvalue weighted by molar-refractivity contribution is 6.32. The molecule has 12 heteroatoms. The van der Waals surface area contributed by atoms with Crippen molar-refractivity contribution in [3.05, 3.63) is 76.8 Å². The summed E-state index contributed by atoms with van der Waals surface area (Å²) < 4.78 is 17.0. The molecule has 0 saturated carbocycles. The summed E-state index contributed by atoms with van der Waals surface area (Å²) in [5.74, 6) is -2.59. The van der Waals surface area contributed by atoms with Crippen LogP contribution in [0.25, 0.3) is 0 Å². The molecule has 2 aromatic rings. The summed E-state index contributed by atoms with van der Waals surface area (Å²) in [5.41, 5.74) is 1.39. The van der Waals surface area contributed by atoms with Gasteiger partial charge in [0.1, 0.15) is 11.8 Å². The van der Waals surface area contributed by atoms with E-state index in [9.17, 15) is 24.6 Å². The molecule has 0 fully saturated rings. The lowest BCUT2D eigenvalue weighted by Crippen LogP contribution is -2.49. The molecule has 0 spiro atoms. The van der Waals surface area contributed by atoms with E-state index in [1.807, 2.05) is 32.0 Å². The Bertz CT molecular complexity index is 1360. The normalized spacial score (nSPS) is 26.0. The van der Waals surface area contributed by atoms with Crippen molar-refractivity contribution in [2.24, 2.45) is 17.8 Å². The van der Waals surface area contributed by atoms with Crippen LogP contribution in [0.5, 0.6) is 5.75 Å². The van der Waals surface area contributed by atoms with Gasteiger partial charge in [0.25, 0.3) is 0 Å². The third kappa shape index (κ3) is 11.5. The van der Waals surface area contributed by atoms with Gasteiger partial charge >= 0.3 is 5.97 Å². The number of cyclic esters (lactones) is 1. The Balaban J connectivity index is 1.92. The smallest absolute Gasteiger partial charge is 0.310 e. The zero-order valence-electron chi connectivity index (χ0n) is 27.4. The molecule has 0 unspecified atom stereocenters. The lowest BCUT2D eigenvalue weighted by Gasteiger charge is -2.34. The number of ether oxygens (including phenoxy) is 3. The van der Waals surface area contributed by atoms with Crippen molar-refractivity contribution in [2.75, 3.05) is 13.7 Å². The van der Waals surface area contributed by atoms with Gasteiger partial charge in [0, 0.05) is 18.9 Å². The van der Waals surface area contributed by atoms with Gasteiger partial charge in [-0.3, -0.25) is 14.4 Å². The number of halogens is 2. The summed E-state index contributed by atoms with van der Waals surface area (Å²) in [6, 6.07) is 13.2. The Hall–Kier alpha value is -3.15. The summed E-state index contributed by atoms with van der Waals surface area (Å²) in [5, 5.41) is 27.5. The second-order valence-corrected chi connectivity index (χ2v) is 13.2. The number of nitrogens with one attached hydrogen (secondary N) is 2. The summed E-state index contributed by atoms with van der Waals surface area (Å²) >= 11 is 13.0. The maximum absolute atomic E-state index is 13.3. The molecule has 1 aliphatic rings. The number of amides is 2. The number of methoxy groups -OCH3 is 1. The number of rotatable bonds is 9. The monoisotopic (exact) mass is 692 g/mol. The van der Waals surface area contributed by atoms with Gasteiger partial charge in [0.05, 0.1) is 35.6 Å². The number of carbonyl (C=O) groups excluding carboxylic acids is 3. The SMILES string of the molecule is COc1ccc(C[C@H]2NC(=O)/C=C/C[C@@H]([C@H](C)[C@@H](O)[C@@H](Cl)c3ccccc3)O[C@H](O)[C@H](CC(C)C)OC(=O)[C@H](C)CNC2=O)cc1Cl. The molecule has 3 rings (SSSR count). The molecule has 0 bridgehead atoms. The third-order valence-electron chi connectivity index (χ3n) is 8.06. The van der Waals surface area contributed by atoms with Crippen molar-refractivity contribution in [3.8, 4) is 5.75 Å². The van der Waals surface area contributed by atoms with Crippen molar-refractivity contribution >= 4 is 41.0 Å². The van der Waals surface area contributed by atoms with Crippen LogP contribution >= 0.6 is 23.2 Å². The fourth-order valence-corrected chi connectivity index (χ4v) is 5.86. The molecule has 0 aromatic heterocycles. The van der Waals surface area contributed by atoms with E-state index in [2.05, 4.69) is 10.6 Å². The Morgan fingerprint density at radius 1 is 1.09 bits per heavy atom. The van der Waals surface area contributed by atoms with Crippen molar-refractivity contribution < 1.29 is 38.8 Å². The van der Waals surface area contributed by atoms with E-state index in [-0.39, 0.29) is 25.3 Å². The first kappa shape index (κ1) is 38.3. The van der Waals surface area contributed by atoms with E-state index in [0.29, 0.717) is 28.3 Å². The van der Waals surface area contributed by atoms with Crippen molar-refractivity contribution in [1.29, 1.82) is 0 Å². The minimum absolute atomic E-state index is 0.0363. The number of carbonyl (C=O) groups is 3. The fraction of sp³-hybridized carbons (Fsp3) is 0.514. The second kappa shape index (κ2) is 18.4. The van der Waals surface area contributed by atoms with Crippen molar-refractivity contribution in [3.63, 3.8) is 0 Å². The molecule has 2 amide bonds. The van der Waals surface area contributed by atoms with Crippen LogP contribution in [0.3, 0.4) is 0 Å². The summed E-state index contributed by atoms with van der Waals surface area (Å²) in [6.45, 7) is 7.09. The van der Waals surface area contributed by atoms with Crippen molar-refractivity contribution in [2.45, 2.75) is 83.0 Å². The number of aliphatic hydroxyl groups is 2. The maximum Gasteiger partial charge on any atom is 0.310 e. The molecule has 1 aliphatic heterocycles. The summed E-state index contributed by atoms with van der Waals surface area (Å²) in [6.07, 6.45) is -1.19. The third-order valence-corrected chi connectivity index (χ3v) is 8.86. The predicted molar refractivity (Wildman–Crippen MR) is 180 cm³/mol. The van der Waals surface area contributed by atoms with Gasteiger partial charge in [-0.25, -0.2) is 0 Å². The minimum atomic E-state index is -1.54. The first-order valence-electron chi connectivity index (χ1n) is 15.8.